The van der Waals surface area contributed by atoms with Gasteiger partial charge in [0.2, 0.25) is 0 Å². The molecule has 1 unspecified atom stereocenters. The van der Waals surface area contributed by atoms with Crippen molar-refractivity contribution in [2.75, 3.05) is 13.1 Å². The number of hydrogen-bond donors (Lipinski definition) is 1. The summed E-state index contributed by atoms with van der Waals surface area (Å²) >= 11 is 0. The van der Waals surface area contributed by atoms with Crippen LogP contribution in [0.3, 0.4) is 0 Å². The van der Waals surface area contributed by atoms with Crippen LogP contribution in [0.5, 0.6) is 0 Å². The smallest absolute Gasteiger partial charge is 0.287 e. The maximum absolute atomic E-state index is 12.9. The summed E-state index contributed by atoms with van der Waals surface area (Å²) < 4.78 is 1.94. The standard InChI is InChI=1S/C21H28N4O2/c1-4-24(5-2)21(27)18-17-13-9-10-14-25(17)19(23-18)20(26)22-15(3)16-11-7-6-8-12-16/h6-8,11-12,15H,4-5,9-10,13-14H2,1-3H3,(H,22,26). The Morgan fingerprint density at radius 2 is 1.89 bits per heavy atom. The van der Waals surface area contributed by atoms with E-state index in [1.165, 1.54) is 0 Å². The Balaban J connectivity index is 1.89. The highest BCUT2D eigenvalue weighted by atomic mass is 16.2. The summed E-state index contributed by atoms with van der Waals surface area (Å²) in [6, 6.07) is 9.71. The quantitative estimate of drug-likeness (QED) is 0.851. The zero-order chi connectivity index (χ0) is 19.4. The first-order chi connectivity index (χ1) is 13.1. The van der Waals surface area contributed by atoms with Gasteiger partial charge < -0.3 is 14.8 Å². The largest absolute Gasteiger partial charge is 0.343 e. The molecule has 0 fully saturated rings. The van der Waals surface area contributed by atoms with Crippen molar-refractivity contribution in [1.82, 2.24) is 19.8 Å². The van der Waals surface area contributed by atoms with Crippen LogP contribution in [0, 0.1) is 0 Å². The topological polar surface area (TPSA) is 67.2 Å². The van der Waals surface area contributed by atoms with Gasteiger partial charge in [-0.2, -0.15) is 0 Å². The van der Waals surface area contributed by atoms with E-state index in [4.69, 9.17) is 0 Å². The fourth-order valence-corrected chi connectivity index (χ4v) is 3.63. The van der Waals surface area contributed by atoms with Crippen molar-refractivity contribution < 1.29 is 9.59 Å². The molecule has 0 spiro atoms. The molecule has 27 heavy (non-hydrogen) atoms. The Morgan fingerprint density at radius 1 is 1.19 bits per heavy atom. The highest BCUT2D eigenvalue weighted by Gasteiger charge is 2.29. The van der Waals surface area contributed by atoms with Gasteiger partial charge in [0.15, 0.2) is 5.82 Å². The second-order valence-corrected chi connectivity index (χ2v) is 6.92. The van der Waals surface area contributed by atoms with E-state index in [1.807, 2.05) is 55.7 Å². The molecule has 1 N–H and O–H groups in total. The van der Waals surface area contributed by atoms with Crippen LogP contribution < -0.4 is 5.32 Å². The lowest BCUT2D eigenvalue weighted by Gasteiger charge is -2.20. The first-order valence-electron chi connectivity index (χ1n) is 9.81. The molecular formula is C21H28N4O2. The van der Waals surface area contributed by atoms with Crippen molar-refractivity contribution in [2.45, 2.75) is 52.6 Å². The van der Waals surface area contributed by atoms with Crippen molar-refractivity contribution in [2.24, 2.45) is 0 Å². The zero-order valence-corrected chi connectivity index (χ0v) is 16.4. The monoisotopic (exact) mass is 368 g/mol. The van der Waals surface area contributed by atoms with Gasteiger partial charge in [-0.25, -0.2) is 4.98 Å². The summed E-state index contributed by atoms with van der Waals surface area (Å²) in [5.41, 5.74) is 2.38. The number of rotatable bonds is 6. The van der Waals surface area contributed by atoms with Crippen LogP contribution >= 0.6 is 0 Å². The first kappa shape index (κ1) is 19.1. The molecule has 0 saturated heterocycles. The first-order valence-corrected chi connectivity index (χ1v) is 9.81. The molecule has 0 aliphatic carbocycles. The fraction of sp³-hybridized carbons (Fsp3) is 0.476. The molecule has 1 atom stereocenters. The number of nitrogens with one attached hydrogen (secondary N) is 1. The Labute approximate surface area is 160 Å². The van der Waals surface area contributed by atoms with E-state index in [1.54, 1.807) is 4.90 Å². The molecule has 3 rings (SSSR count). The molecule has 6 heteroatoms. The van der Waals surface area contributed by atoms with Crippen LogP contribution in [0.4, 0.5) is 0 Å². The lowest BCUT2D eigenvalue weighted by atomic mass is 10.1. The molecule has 1 aliphatic rings. The van der Waals surface area contributed by atoms with Gasteiger partial charge in [0, 0.05) is 19.6 Å². The van der Waals surface area contributed by atoms with Crippen molar-refractivity contribution >= 4 is 11.8 Å². The number of carbonyl (C=O) groups is 2. The lowest BCUT2D eigenvalue weighted by molar-refractivity contribution is 0.0766. The average molecular weight is 368 g/mol. The highest BCUT2D eigenvalue weighted by molar-refractivity contribution is 5.97. The molecule has 144 valence electrons. The van der Waals surface area contributed by atoms with E-state index in [0.29, 0.717) is 24.6 Å². The molecule has 1 aliphatic heterocycles. The highest BCUT2D eigenvalue weighted by Crippen LogP contribution is 2.23. The van der Waals surface area contributed by atoms with Gasteiger partial charge in [-0.3, -0.25) is 9.59 Å². The minimum atomic E-state index is -0.229. The minimum Gasteiger partial charge on any atom is -0.343 e. The number of imidazole rings is 1. The molecule has 0 saturated carbocycles. The number of nitrogens with zero attached hydrogens (tertiary/aromatic N) is 3. The Hall–Kier alpha value is -2.63. The van der Waals surface area contributed by atoms with Gasteiger partial charge in [-0.1, -0.05) is 30.3 Å². The molecule has 1 aromatic heterocycles. The van der Waals surface area contributed by atoms with Gasteiger partial charge in [0.1, 0.15) is 5.69 Å². The van der Waals surface area contributed by atoms with Crippen LogP contribution in [-0.4, -0.2) is 39.4 Å². The SMILES string of the molecule is CCN(CC)C(=O)c1nc(C(=O)NC(C)c2ccccc2)n2c1CCCC2. The third kappa shape index (κ3) is 3.89. The summed E-state index contributed by atoms with van der Waals surface area (Å²) in [6.07, 6.45) is 2.80. The zero-order valence-electron chi connectivity index (χ0n) is 16.4. The minimum absolute atomic E-state index is 0.0826. The van der Waals surface area contributed by atoms with Gasteiger partial charge in [0.05, 0.1) is 11.7 Å². The van der Waals surface area contributed by atoms with Crippen LogP contribution in [0.25, 0.3) is 0 Å². The van der Waals surface area contributed by atoms with Crippen LogP contribution in [0.15, 0.2) is 30.3 Å². The van der Waals surface area contributed by atoms with E-state index >= 15 is 0 Å². The van der Waals surface area contributed by atoms with Crippen LogP contribution in [-0.2, 0) is 13.0 Å². The molecule has 2 aromatic rings. The van der Waals surface area contributed by atoms with Gasteiger partial charge in [-0.05, 0) is 45.6 Å². The molecule has 6 nitrogen and oxygen atoms in total. The molecule has 1 aromatic carbocycles. The van der Waals surface area contributed by atoms with Gasteiger partial charge >= 0.3 is 0 Å². The third-order valence-electron chi connectivity index (χ3n) is 5.22. The van der Waals surface area contributed by atoms with E-state index in [9.17, 15) is 9.59 Å². The summed E-state index contributed by atoms with van der Waals surface area (Å²) in [5.74, 6) is 0.0388. The van der Waals surface area contributed by atoms with Crippen molar-refractivity contribution in [1.29, 1.82) is 0 Å². The van der Waals surface area contributed by atoms with E-state index < -0.39 is 0 Å². The van der Waals surface area contributed by atoms with Crippen molar-refractivity contribution in [3.05, 3.63) is 53.1 Å². The second-order valence-electron chi connectivity index (χ2n) is 6.92. The summed E-state index contributed by atoms with van der Waals surface area (Å²) in [5, 5.41) is 3.02. The number of aromatic nitrogens is 2. The summed E-state index contributed by atoms with van der Waals surface area (Å²) in [4.78, 5) is 32.1. The molecule has 0 radical (unpaired) electrons. The summed E-state index contributed by atoms with van der Waals surface area (Å²) in [7, 11) is 0. The molecular weight excluding hydrogens is 340 g/mol. The molecule has 2 amide bonds. The second kappa shape index (κ2) is 8.37. The maximum atomic E-state index is 12.9. The number of hydrogen-bond acceptors (Lipinski definition) is 3. The number of fused-ring (bicyclic) bond motifs is 1. The van der Waals surface area contributed by atoms with Crippen molar-refractivity contribution in [3.63, 3.8) is 0 Å². The Bertz CT molecular complexity index is 809. The van der Waals surface area contributed by atoms with Crippen molar-refractivity contribution in [3.8, 4) is 0 Å². The van der Waals surface area contributed by atoms with Crippen LogP contribution in [0.2, 0.25) is 0 Å². The molecule has 2 heterocycles. The normalized spacial score (nSPS) is 14.3. The number of benzene rings is 1. The maximum Gasteiger partial charge on any atom is 0.287 e. The number of carbonyl (C=O) groups excluding carboxylic acids is 2. The molecule has 0 bridgehead atoms. The number of amides is 2. The van der Waals surface area contributed by atoms with Gasteiger partial charge in [-0.15, -0.1) is 0 Å². The lowest BCUT2D eigenvalue weighted by Crippen LogP contribution is -2.31. The predicted molar refractivity (Wildman–Crippen MR) is 105 cm³/mol. The van der Waals surface area contributed by atoms with E-state index in [0.717, 1.165) is 37.1 Å². The Kier molecular flexibility index (Phi) is 5.94. The summed E-state index contributed by atoms with van der Waals surface area (Å²) in [6.45, 7) is 7.87. The average Bonchev–Trinajstić information content (AvgIpc) is 3.09. The van der Waals surface area contributed by atoms with Crippen LogP contribution in [0.1, 0.15) is 72.0 Å². The third-order valence-corrected chi connectivity index (χ3v) is 5.22. The predicted octanol–water partition coefficient (Wildman–Crippen LogP) is 3.19. The van der Waals surface area contributed by atoms with Gasteiger partial charge in [0.25, 0.3) is 11.8 Å². The van der Waals surface area contributed by atoms with E-state index in [-0.39, 0.29) is 17.9 Å². The van der Waals surface area contributed by atoms with E-state index in [2.05, 4.69) is 10.3 Å². The Morgan fingerprint density at radius 3 is 2.56 bits per heavy atom. The fourth-order valence-electron chi connectivity index (χ4n) is 3.63.